The van der Waals surface area contributed by atoms with E-state index in [0.29, 0.717) is 27.9 Å². The molecule has 9 nitrogen and oxygen atoms in total. The van der Waals surface area contributed by atoms with Crippen molar-refractivity contribution in [2.24, 2.45) is 5.73 Å². The van der Waals surface area contributed by atoms with Gasteiger partial charge in [-0.25, -0.2) is 4.79 Å². The highest BCUT2D eigenvalue weighted by molar-refractivity contribution is 6.35. The fourth-order valence-corrected chi connectivity index (χ4v) is 6.09. The van der Waals surface area contributed by atoms with Gasteiger partial charge in [0.25, 0.3) is 0 Å². The van der Waals surface area contributed by atoms with Gasteiger partial charge in [0.1, 0.15) is 17.5 Å². The predicted octanol–water partition coefficient (Wildman–Crippen LogP) is 4.68. The van der Waals surface area contributed by atoms with Crippen LogP contribution in [-0.4, -0.2) is 56.3 Å². The Balaban J connectivity index is 1.25. The summed E-state index contributed by atoms with van der Waals surface area (Å²) in [6, 6.07) is 9.40. The molecule has 2 unspecified atom stereocenters. The molecule has 0 radical (unpaired) electrons. The van der Waals surface area contributed by atoms with Crippen molar-refractivity contribution < 1.29 is 9.53 Å². The van der Waals surface area contributed by atoms with Gasteiger partial charge in [-0.3, -0.25) is 15.1 Å². The predicted molar refractivity (Wildman–Crippen MR) is 142 cm³/mol. The van der Waals surface area contributed by atoms with Crippen molar-refractivity contribution in [3.63, 3.8) is 0 Å². The Hall–Kier alpha value is -3.40. The van der Waals surface area contributed by atoms with Gasteiger partial charge in [-0.05, 0) is 43.7 Å². The molecule has 11 heteroatoms. The molecular weight excluding hydrogens is 513 g/mol. The molecule has 3 atom stereocenters. The van der Waals surface area contributed by atoms with Crippen molar-refractivity contribution in [3.05, 3.63) is 70.2 Å². The van der Waals surface area contributed by atoms with E-state index in [4.69, 9.17) is 38.7 Å². The summed E-state index contributed by atoms with van der Waals surface area (Å²) in [5.74, 6) is 0.818. The Kier molecular flexibility index (Phi) is 5.94. The van der Waals surface area contributed by atoms with E-state index in [1.54, 1.807) is 17.3 Å². The molecule has 1 saturated carbocycles. The lowest BCUT2D eigenvalue weighted by Crippen LogP contribution is -2.57. The minimum Gasteiger partial charge on any atom is -0.486 e. The maximum absolute atomic E-state index is 12.0. The molecule has 1 spiro atoms. The number of aromatic nitrogens is 4. The van der Waals surface area contributed by atoms with Gasteiger partial charge >= 0.3 is 6.03 Å². The van der Waals surface area contributed by atoms with Gasteiger partial charge in [-0.1, -0.05) is 23.2 Å². The van der Waals surface area contributed by atoms with Crippen LogP contribution >= 0.6 is 23.2 Å². The van der Waals surface area contributed by atoms with Crippen LogP contribution in [0.1, 0.15) is 36.6 Å². The summed E-state index contributed by atoms with van der Waals surface area (Å²) in [4.78, 5) is 22.5. The molecule has 4 N–H and O–H groups in total. The summed E-state index contributed by atoms with van der Waals surface area (Å²) >= 11 is 12.6. The lowest BCUT2D eigenvalue weighted by atomic mass is 10.1. The quantitative estimate of drug-likeness (QED) is 0.339. The van der Waals surface area contributed by atoms with Crippen LogP contribution in [0.25, 0.3) is 22.2 Å². The van der Waals surface area contributed by atoms with Crippen LogP contribution in [0.4, 0.5) is 4.79 Å². The van der Waals surface area contributed by atoms with Crippen LogP contribution < -0.4 is 15.8 Å². The molecule has 1 aliphatic carbocycles. The van der Waals surface area contributed by atoms with Gasteiger partial charge in [0, 0.05) is 66.3 Å². The number of pyridine rings is 2. The Morgan fingerprint density at radius 3 is 2.76 bits per heavy atom. The van der Waals surface area contributed by atoms with E-state index in [-0.39, 0.29) is 23.6 Å². The zero-order chi connectivity index (χ0) is 25.7. The van der Waals surface area contributed by atoms with E-state index in [1.165, 1.54) is 0 Å². The third-order valence-electron chi connectivity index (χ3n) is 7.35. The number of nitrogens with two attached hydrogens (primary N) is 1. The number of hydrogen-bond acceptors (Lipinski definition) is 6. The third kappa shape index (κ3) is 4.17. The molecule has 6 rings (SSSR count). The molecule has 0 bridgehead atoms. The molecule has 1 saturated heterocycles. The van der Waals surface area contributed by atoms with E-state index in [0.717, 1.165) is 47.4 Å². The fraction of sp³-hybridized carbons (Fsp3) is 0.308. The fourth-order valence-electron chi connectivity index (χ4n) is 5.42. The average Bonchev–Trinajstić information content (AvgIpc) is 3.42. The molecule has 190 valence electrons. The number of carbonyl (C=O) groups is 1. The smallest absolute Gasteiger partial charge is 0.315 e. The highest BCUT2D eigenvalue weighted by Crippen LogP contribution is 2.55. The molecule has 37 heavy (non-hydrogen) atoms. The Labute approximate surface area is 223 Å². The normalized spacial score (nSPS) is 21.8. The highest BCUT2D eigenvalue weighted by atomic mass is 35.5. The van der Waals surface area contributed by atoms with Gasteiger partial charge in [0.15, 0.2) is 0 Å². The molecule has 1 aromatic carbocycles. The number of H-pyrrole nitrogens is 1. The summed E-state index contributed by atoms with van der Waals surface area (Å²) in [5.41, 5.74) is 9.54. The van der Waals surface area contributed by atoms with Gasteiger partial charge in [0.2, 0.25) is 0 Å². The van der Waals surface area contributed by atoms with E-state index in [2.05, 4.69) is 20.5 Å². The summed E-state index contributed by atoms with van der Waals surface area (Å²) in [6.45, 7) is 3.99. The van der Waals surface area contributed by atoms with Crippen molar-refractivity contribution in [3.8, 4) is 17.0 Å². The first-order chi connectivity index (χ1) is 17.9. The van der Waals surface area contributed by atoms with Crippen LogP contribution in [-0.2, 0) is 0 Å². The van der Waals surface area contributed by atoms with Crippen molar-refractivity contribution in [1.29, 1.82) is 0 Å². The number of aromatic amines is 1. The standard InChI is InChI=1S/C26H25Cl2N7O2/c1-14(23-19(27)11-31-12-20(23)28)37-16-3-5-21-17(8-16)24(34-33-21)15-2-4-22(32-10-15)18-9-26(18)13-30-6-7-35(26)25(29)36/h2-5,8,10-12,14,18,30H,6-7,9,13H2,1H3,(H2,29,36)(H,33,34)/t14-,18?,26?/m1/s1. The van der Waals surface area contributed by atoms with E-state index >= 15 is 0 Å². The summed E-state index contributed by atoms with van der Waals surface area (Å²) in [7, 11) is 0. The zero-order valence-corrected chi connectivity index (χ0v) is 21.6. The lowest BCUT2D eigenvalue weighted by molar-refractivity contribution is 0.153. The molecule has 2 fully saturated rings. The number of nitrogens with one attached hydrogen (secondary N) is 2. The van der Waals surface area contributed by atoms with Crippen LogP contribution in [0.3, 0.4) is 0 Å². The van der Waals surface area contributed by atoms with Crippen molar-refractivity contribution in [2.45, 2.75) is 30.9 Å². The number of rotatable bonds is 5. The number of hydrogen-bond donors (Lipinski definition) is 3. The lowest BCUT2D eigenvalue weighted by Gasteiger charge is -2.36. The number of nitrogens with zero attached hydrogens (tertiary/aromatic N) is 4. The summed E-state index contributed by atoms with van der Waals surface area (Å²) in [5, 5.41) is 12.8. The van der Waals surface area contributed by atoms with E-state index in [1.807, 2.05) is 43.5 Å². The Morgan fingerprint density at radius 1 is 1.22 bits per heavy atom. The number of carbonyl (C=O) groups excluding carboxylic acids is 1. The largest absolute Gasteiger partial charge is 0.486 e. The average molecular weight is 538 g/mol. The number of halogens is 2. The number of primary amides is 1. The second-order valence-corrected chi connectivity index (χ2v) is 10.4. The summed E-state index contributed by atoms with van der Waals surface area (Å²) in [6.07, 6.45) is 5.41. The molecule has 1 aliphatic heterocycles. The third-order valence-corrected chi connectivity index (χ3v) is 7.96. The molecule has 2 aliphatic rings. The Bertz CT molecular complexity index is 1470. The first-order valence-corrected chi connectivity index (χ1v) is 12.8. The first-order valence-electron chi connectivity index (χ1n) is 12.1. The molecular formula is C26H25Cl2N7O2. The van der Waals surface area contributed by atoms with Crippen molar-refractivity contribution in [1.82, 2.24) is 30.4 Å². The van der Waals surface area contributed by atoms with Crippen LogP contribution in [0.15, 0.2) is 48.9 Å². The minimum atomic E-state index is -0.378. The number of urea groups is 1. The summed E-state index contributed by atoms with van der Waals surface area (Å²) < 4.78 is 6.18. The second kappa shape index (κ2) is 9.16. The van der Waals surface area contributed by atoms with Gasteiger partial charge in [-0.15, -0.1) is 0 Å². The minimum absolute atomic E-state index is 0.158. The van der Waals surface area contributed by atoms with Gasteiger partial charge in [-0.2, -0.15) is 5.10 Å². The van der Waals surface area contributed by atoms with Crippen LogP contribution in [0.2, 0.25) is 10.0 Å². The van der Waals surface area contributed by atoms with Crippen molar-refractivity contribution in [2.75, 3.05) is 19.6 Å². The van der Waals surface area contributed by atoms with E-state index in [9.17, 15) is 4.79 Å². The number of amides is 2. The maximum Gasteiger partial charge on any atom is 0.315 e. The molecule has 4 aromatic rings. The Morgan fingerprint density at radius 2 is 2.03 bits per heavy atom. The van der Waals surface area contributed by atoms with Gasteiger partial charge < -0.3 is 20.7 Å². The van der Waals surface area contributed by atoms with Crippen molar-refractivity contribution >= 4 is 40.1 Å². The zero-order valence-electron chi connectivity index (χ0n) is 20.0. The maximum atomic E-state index is 12.0. The van der Waals surface area contributed by atoms with Gasteiger partial charge in [0.05, 0.1) is 21.1 Å². The number of ether oxygens (including phenoxy) is 1. The second-order valence-electron chi connectivity index (χ2n) is 9.56. The highest BCUT2D eigenvalue weighted by Gasteiger charge is 2.61. The number of fused-ring (bicyclic) bond motifs is 1. The van der Waals surface area contributed by atoms with E-state index < -0.39 is 0 Å². The first kappa shape index (κ1) is 24.0. The van der Waals surface area contributed by atoms with Crippen LogP contribution in [0.5, 0.6) is 5.75 Å². The topological polar surface area (TPSA) is 122 Å². The molecule has 4 heterocycles. The van der Waals surface area contributed by atoms with Crippen LogP contribution in [0, 0.1) is 0 Å². The SMILES string of the molecule is C[C@@H](Oc1ccc2[nH]nc(-c3ccc(C4CC45CNCCN5C(N)=O)nc3)c2c1)c1c(Cl)cncc1Cl. The molecule has 2 amide bonds. The number of benzene rings is 1. The number of piperazine rings is 1. The molecule has 3 aromatic heterocycles. The monoisotopic (exact) mass is 537 g/mol.